The van der Waals surface area contributed by atoms with Gasteiger partial charge in [-0.1, -0.05) is 42.5 Å². The third-order valence-corrected chi connectivity index (χ3v) is 3.62. The number of alkyl halides is 2. The summed E-state index contributed by atoms with van der Waals surface area (Å²) in [6, 6.07) is 14.9. The van der Waals surface area contributed by atoms with Gasteiger partial charge in [0.1, 0.15) is 5.75 Å². The van der Waals surface area contributed by atoms with Crippen molar-refractivity contribution in [3.63, 3.8) is 0 Å². The van der Waals surface area contributed by atoms with Gasteiger partial charge in [0.2, 0.25) is 5.91 Å². The van der Waals surface area contributed by atoms with Gasteiger partial charge in [-0.2, -0.15) is 8.78 Å². The SMILES string of the molecule is CC(NC(=O)CC(N)c1ccccc1)c1ccc(OC(F)F)cc1.Cl. The summed E-state index contributed by atoms with van der Waals surface area (Å²) in [5.41, 5.74) is 7.72. The molecule has 3 N–H and O–H groups in total. The number of ether oxygens (including phenoxy) is 1. The molecule has 0 aromatic heterocycles. The first kappa shape index (κ1) is 20.9. The Morgan fingerprint density at radius 2 is 1.68 bits per heavy atom. The lowest BCUT2D eigenvalue weighted by Crippen LogP contribution is -2.29. The Bertz CT molecular complexity index is 654. The summed E-state index contributed by atoms with van der Waals surface area (Å²) in [6.07, 6.45) is 0.168. The second kappa shape index (κ2) is 9.96. The molecule has 2 atom stereocenters. The zero-order valence-corrected chi connectivity index (χ0v) is 14.5. The standard InChI is InChI=1S/C18H20F2N2O2.ClH/c1-12(13-7-9-15(10-8-13)24-18(19)20)22-17(23)11-16(21)14-5-3-2-4-6-14;/h2-10,12,16,18H,11,21H2,1H3,(H,22,23);1H. The molecule has 2 aromatic rings. The summed E-state index contributed by atoms with van der Waals surface area (Å²) < 4.78 is 28.5. The first-order valence-corrected chi connectivity index (χ1v) is 7.60. The maximum absolute atomic E-state index is 12.1. The van der Waals surface area contributed by atoms with Gasteiger partial charge in [-0.15, -0.1) is 12.4 Å². The molecule has 7 heteroatoms. The number of hydrogen-bond acceptors (Lipinski definition) is 3. The Morgan fingerprint density at radius 1 is 1.08 bits per heavy atom. The number of rotatable bonds is 7. The predicted octanol–water partition coefficient (Wildman–Crippen LogP) is 3.98. The number of nitrogens with one attached hydrogen (secondary N) is 1. The molecule has 0 spiro atoms. The maximum atomic E-state index is 12.1. The Kier molecular flexibility index (Phi) is 8.31. The van der Waals surface area contributed by atoms with Gasteiger partial charge < -0.3 is 15.8 Å². The molecule has 0 fully saturated rings. The number of halogens is 3. The van der Waals surface area contributed by atoms with Crippen molar-refractivity contribution in [2.75, 3.05) is 0 Å². The number of carbonyl (C=O) groups excluding carboxylic acids is 1. The molecule has 136 valence electrons. The highest BCUT2D eigenvalue weighted by atomic mass is 35.5. The molecule has 2 unspecified atom stereocenters. The van der Waals surface area contributed by atoms with Crippen molar-refractivity contribution in [2.24, 2.45) is 5.73 Å². The van der Waals surface area contributed by atoms with Crippen LogP contribution in [-0.4, -0.2) is 12.5 Å². The molecule has 0 aliphatic heterocycles. The summed E-state index contributed by atoms with van der Waals surface area (Å²) in [4.78, 5) is 12.1. The highest BCUT2D eigenvalue weighted by Gasteiger charge is 2.14. The second-order valence-electron chi connectivity index (χ2n) is 5.46. The molecule has 0 bridgehead atoms. The number of benzene rings is 2. The lowest BCUT2D eigenvalue weighted by Gasteiger charge is -2.17. The minimum absolute atomic E-state index is 0. The van der Waals surface area contributed by atoms with Crippen LogP contribution in [0.2, 0.25) is 0 Å². The molecule has 2 aromatic carbocycles. The summed E-state index contributed by atoms with van der Waals surface area (Å²) >= 11 is 0. The van der Waals surface area contributed by atoms with Crippen molar-refractivity contribution >= 4 is 18.3 Å². The van der Waals surface area contributed by atoms with E-state index in [-0.39, 0.29) is 42.6 Å². The molecule has 4 nitrogen and oxygen atoms in total. The van der Waals surface area contributed by atoms with E-state index in [4.69, 9.17) is 5.73 Å². The van der Waals surface area contributed by atoms with E-state index >= 15 is 0 Å². The van der Waals surface area contributed by atoms with E-state index in [9.17, 15) is 13.6 Å². The van der Waals surface area contributed by atoms with Crippen molar-refractivity contribution in [3.05, 3.63) is 65.7 Å². The molecular formula is C18H21ClF2N2O2. The van der Waals surface area contributed by atoms with Crippen LogP contribution in [0.15, 0.2) is 54.6 Å². The molecular weight excluding hydrogens is 350 g/mol. The normalized spacial score (nSPS) is 12.8. The summed E-state index contributed by atoms with van der Waals surface area (Å²) in [5.74, 6) is -0.0925. The fraction of sp³-hybridized carbons (Fsp3) is 0.278. The fourth-order valence-corrected chi connectivity index (χ4v) is 2.34. The van der Waals surface area contributed by atoms with E-state index in [1.165, 1.54) is 12.1 Å². The van der Waals surface area contributed by atoms with Crippen molar-refractivity contribution < 1.29 is 18.3 Å². The van der Waals surface area contributed by atoms with Crippen LogP contribution in [-0.2, 0) is 4.79 Å². The van der Waals surface area contributed by atoms with E-state index < -0.39 is 6.61 Å². The van der Waals surface area contributed by atoms with Gasteiger partial charge in [0.05, 0.1) is 6.04 Å². The minimum atomic E-state index is -2.85. The second-order valence-corrected chi connectivity index (χ2v) is 5.46. The highest BCUT2D eigenvalue weighted by Crippen LogP contribution is 2.20. The first-order chi connectivity index (χ1) is 11.5. The Morgan fingerprint density at radius 3 is 2.24 bits per heavy atom. The van der Waals surface area contributed by atoms with E-state index in [1.807, 2.05) is 37.3 Å². The Hall–Kier alpha value is -2.18. The van der Waals surface area contributed by atoms with E-state index in [0.29, 0.717) is 0 Å². The van der Waals surface area contributed by atoms with Crippen LogP contribution in [0, 0.1) is 0 Å². The topological polar surface area (TPSA) is 64.4 Å². The molecule has 0 aliphatic carbocycles. The van der Waals surface area contributed by atoms with Crippen LogP contribution >= 0.6 is 12.4 Å². The zero-order chi connectivity index (χ0) is 17.5. The minimum Gasteiger partial charge on any atom is -0.435 e. The maximum Gasteiger partial charge on any atom is 0.387 e. The molecule has 2 rings (SSSR count). The highest BCUT2D eigenvalue weighted by molar-refractivity contribution is 5.85. The van der Waals surface area contributed by atoms with E-state index in [0.717, 1.165) is 11.1 Å². The van der Waals surface area contributed by atoms with Gasteiger partial charge >= 0.3 is 6.61 Å². The van der Waals surface area contributed by atoms with Gasteiger partial charge in [0, 0.05) is 12.5 Å². The largest absolute Gasteiger partial charge is 0.435 e. The third kappa shape index (κ3) is 6.68. The molecule has 25 heavy (non-hydrogen) atoms. The van der Waals surface area contributed by atoms with Gasteiger partial charge in [0.25, 0.3) is 0 Å². The average molecular weight is 371 g/mol. The average Bonchev–Trinajstić information content (AvgIpc) is 2.55. The van der Waals surface area contributed by atoms with Crippen LogP contribution < -0.4 is 15.8 Å². The Balaban J connectivity index is 0.00000312. The van der Waals surface area contributed by atoms with Crippen molar-refractivity contribution in [1.29, 1.82) is 0 Å². The monoisotopic (exact) mass is 370 g/mol. The lowest BCUT2D eigenvalue weighted by atomic mass is 10.0. The smallest absolute Gasteiger partial charge is 0.387 e. The number of carbonyl (C=O) groups is 1. The zero-order valence-electron chi connectivity index (χ0n) is 13.7. The van der Waals surface area contributed by atoms with Crippen molar-refractivity contribution in [1.82, 2.24) is 5.32 Å². The van der Waals surface area contributed by atoms with Crippen molar-refractivity contribution in [2.45, 2.75) is 32.0 Å². The molecule has 1 amide bonds. The quantitative estimate of drug-likeness (QED) is 0.774. The molecule has 0 saturated heterocycles. The summed E-state index contributed by atoms with van der Waals surface area (Å²) in [5, 5.41) is 2.85. The van der Waals surface area contributed by atoms with Crippen LogP contribution in [0.4, 0.5) is 8.78 Å². The van der Waals surface area contributed by atoms with E-state index in [2.05, 4.69) is 10.1 Å². The molecule has 0 aliphatic rings. The predicted molar refractivity (Wildman–Crippen MR) is 94.9 cm³/mol. The summed E-state index contributed by atoms with van der Waals surface area (Å²) in [7, 11) is 0. The van der Waals surface area contributed by atoms with Crippen LogP contribution in [0.25, 0.3) is 0 Å². The molecule has 0 radical (unpaired) electrons. The number of hydrogen-bond donors (Lipinski definition) is 2. The number of nitrogens with two attached hydrogens (primary N) is 1. The van der Waals surface area contributed by atoms with Gasteiger partial charge in [0.15, 0.2) is 0 Å². The van der Waals surface area contributed by atoms with Crippen molar-refractivity contribution in [3.8, 4) is 5.75 Å². The summed E-state index contributed by atoms with van der Waals surface area (Å²) in [6.45, 7) is -1.04. The van der Waals surface area contributed by atoms with Gasteiger partial charge in [-0.25, -0.2) is 0 Å². The molecule has 0 heterocycles. The number of amides is 1. The van der Waals surface area contributed by atoms with Gasteiger partial charge in [-0.3, -0.25) is 4.79 Å². The van der Waals surface area contributed by atoms with E-state index in [1.54, 1.807) is 12.1 Å². The van der Waals surface area contributed by atoms with Crippen LogP contribution in [0.1, 0.15) is 36.6 Å². The third-order valence-electron chi connectivity index (χ3n) is 3.62. The van der Waals surface area contributed by atoms with Crippen LogP contribution in [0.3, 0.4) is 0 Å². The molecule has 0 saturated carbocycles. The lowest BCUT2D eigenvalue weighted by molar-refractivity contribution is -0.122. The van der Waals surface area contributed by atoms with Crippen LogP contribution in [0.5, 0.6) is 5.75 Å². The first-order valence-electron chi connectivity index (χ1n) is 7.60. The Labute approximate surface area is 151 Å². The van der Waals surface area contributed by atoms with Gasteiger partial charge in [-0.05, 0) is 30.2 Å². The fourth-order valence-electron chi connectivity index (χ4n) is 2.34.